The van der Waals surface area contributed by atoms with Crippen LogP contribution in [0.5, 0.6) is 0 Å². The number of carboxylic acid groups (broad SMARTS) is 1. The van der Waals surface area contributed by atoms with Crippen LogP contribution in [0.1, 0.15) is 38.5 Å². The normalized spacial score (nSPS) is 23.1. The summed E-state index contributed by atoms with van der Waals surface area (Å²) in [5.41, 5.74) is 0. The van der Waals surface area contributed by atoms with Crippen LogP contribution in [-0.4, -0.2) is 29.8 Å². The lowest BCUT2D eigenvalue weighted by Gasteiger charge is -2.29. The Morgan fingerprint density at radius 1 is 1.44 bits per heavy atom. The summed E-state index contributed by atoms with van der Waals surface area (Å²) in [5, 5.41) is 11.5. The fourth-order valence-corrected chi connectivity index (χ4v) is 2.35. The molecule has 0 bridgehead atoms. The van der Waals surface area contributed by atoms with E-state index in [1.807, 2.05) is 0 Å². The van der Waals surface area contributed by atoms with E-state index in [0.717, 1.165) is 25.7 Å². The molecule has 5 nitrogen and oxygen atoms in total. The average Bonchev–Trinajstić information content (AvgIpc) is 2.34. The van der Waals surface area contributed by atoms with Gasteiger partial charge in [0.05, 0.1) is 0 Å². The van der Waals surface area contributed by atoms with Crippen molar-refractivity contribution in [3.05, 3.63) is 12.7 Å². The Hall–Kier alpha value is -1.52. The van der Waals surface area contributed by atoms with Crippen LogP contribution in [0.3, 0.4) is 0 Å². The molecule has 0 aromatic heterocycles. The van der Waals surface area contributed by atoms with Crippen molar-refractivity contribution in [1.29, 1.82) is 0 Å². The maximum atomic E-state index is 11.4. The number of hydrogen-bond donors (Lipinski definition) is 2. The van der Waals surface area contributed by atoms with Crippen molar-refractivity contribution in [2.24, 2.45) is 5.92 Å². The zero-order valence-electron chi connectivity index (χ0n) is 10.6. The number of hydrogen-bond acceptors (Lipinski definition) is 3. The highest BCUT2D eigenvalue weighted by molar-refractivity contribution is 5.67. The molecule has 0 aromatic carbocycles. The molecule has 1 aliphatic rings. The number of ether oxygens (including phenoxy) is 1. The quantitative estimate of drug-likeness (QED) is 0.714. The summed E-state index contributed by atoms with van der Waals surface area (Å²) in [5.74, 6) is -0.366. The summed E-state index contributed by atoms with van der Waals surface area (Å²) in [6.45, 7) is 3.68. The third kappa shape index (κ3) is 5.70. The van der Waals surface area contributed by atoms with Gasteiger partial charge in [0.1, 0.15) is 6.61 Å². The lowest BCUT2D eigenvalue weighted by atomic mass is 9.83. The van der Waals surface area contributed by atoms with Crippen LogP contribution in [0.4, 0.5) is 4.79 Å². The van der Waals surface area contributed by atoms with Gasteiger partial charge in [0.25, 0.3) is 0 Å². The first-order valence-electron chi connectivity index (χ1n) is 6.37. The number of rotatable bonds is 6. The molecule has 0 radical (unpaired) electrons. The zero-order chi connectivity index (χ0) is 13.4. The van der Waals surface area contributed by atoms with E-state index in [0.29, 0.717) is 12.3 Å². The lowest BCUT2D eigenvalue weighted by Crippen LogP contribution is -2.38. The third-order valence-electron chi connectivity index (χ3n) is 3.20. The molecule has 18 heavy (non-hydrogen) atoms. The van der Waals surface area contributed by atoms with Gasteiger partial charge < -0.3 is 15.2 Å². The summed E-state index contributed by atoms with van der Waals surface area (Å²) in [7, 11) is 0. The molecule has 2 atom stereocenters. The van der Waals surface area contributed by atoms with Gasteiger partial charge in [0, 0.05) is 12.5 Å². The summed E-state index contributed by atoms with van der Waals surface area (Å²) in [6, 6.07) is 0.106. The Morgan fingerprint density at radius 3 is 2.89 bits per heavy atom. The summed E-state index contributed by atoms with van der Waals surface area (Å²) >= 11 is 0. The van der Waals surface area contributed by atoms with Crippen molar-refractivity contribution >= 4 is 12.1 Å². The van der Waals surface area contributed by atoms with Crippen LogP contribution in [0, 0.1) is 5.92 Å². The first-order valence-corrected chi connectivity index (χ1v) is 6.37. The minimum absolute atomic E-state index is 0.106. The zero-order valence-corrected chi connectivity index (χ0v) is 10.6. The van der Waals surface area contributed by atoms with E-state index in [-0.39, 0.29) is 19.1 Å². The second kappa shape index (κ2) is 7.74. The highest BCUT2D eigenvalue weighted by Crippen LogP contribution is 2.27. The molecule has 102 valence electrons. The van der Waals surface area contributed by atoms with Crippen molar-refractivity contribution in [3.63, 3.8) is 0 Å². The molecule has 1 rings (SSSR count). The fourth-order valence-electron chi connectivity index (χ4n) is 2.35. The maximum absolute atomic E-state index is 11.4. The van der Waals surface area contributed by atoms with E-state index in [4.69, 9.17) is 9.84 Å². The van der Waals surface area contributed by atoms with Crippen LogP contribution in [0.15, 0.2) is 12.7 Å². The van der Waals surface area contributed by atoms with Gasteiger partial charge in [-0.2, -0.15) is 0 Å². The fraction of sp³-hybridized carbons (Fsp3) is 0.692. The number of carboxylic acids is 1. The smallest absolute Gasteiger partial charge is 0.407 e. The van der Waals surface area contributed by atoms with Crippen molar-refractivity contribution in [2.75, 3.05) is 6.61 Å². The van der Waals surface area contributed by atoms with Crippen LogP contribution < -0.4 is 5.32 Å². The SMILES string of the molecule is C=CCOC(=O)N[C@H]1CCC[C@@H](CCC(=O)O)C1. The molecular weight excluding hydrogens is 234 g/mol. The van der Waals surface area contributed by atoms with E-state index >= 15 is 0 Å². The van der Waals surface area contributed by atoms with Crippen LogP contribution >= 0.6 is 0 Å². The van der Waals surface area contributed by atoms with Crippen LogP contribution in [0.2, 0.25) is 0 Å². The van der Waals surface area contributed by atoms with Gasteiger partial charge in [0.2, 0.25) is 0 Å². The molecule has 0 heterocycles. The molecule has 5 heteroatoms. The number of nitrogens with one attached hydrogen (secondary N) is 1. The second-order valence-electron chi connectivity index (χ2n) is 4.69. The molecule has 0 aromatic rings. The second-order valence-corrected chi connectivity index (χ2v) is 4.69. The van der Waals surface area contributed by atoms with E-state index in [2.05, 4.69) is 11.9 Å². The van der Waals surface area contributed by atoms with E-state index < -0.39 is 12.1 Å². The predicted octanol–water partition coefficient (Wildman–Crippen LogP) is 2.32. The summed E-state index contributed by atoms with van der Waals surface area (Å²) in [6.07, 6.45) is 5.86. The van der Waals surface area contributed by atoms with Crippen molar-refractivity contribution < 1.29 is 19.4 Å². The number of carbonyl (C=O) groups excluding carboxylic acids is 1. The molecule has 0 aliphatic heterocycles. The van der Waals surface area contributed by atoms with Gasteiger partial charge in [-0.25, -0.2) is 4.79 Å². The molecule has 0 saturated heterocycles. The Bertz CT molecular complexity index is 303. The highest BCUT2D eigenvalue weighted by Gasteiger charge is 2.23. The van der Waals surface area contributed by atoms with Crippen molar-refractivity contribution in [3.8, 4) is 0 Å². The number of amides is 1. The lowest BCUT2D eigenvalue weighted by molar-refractivity contribution is -0.137. The third-order valence-corrected chi connectivity index (χ3v) is 3.20. The number of carbonyl (C=O) groups is 2. The molecule has 1 fully saturated rings. The van der Waals surface area contributed by atoms with Gasteiger partial charge in [0.15, 0.2) is 0 Å². The molecule has 1 aliphatic carbocycles. The maximum Gasteiger partial charge on any atom is 0.407 e. The molecule has 1 saturated carbocycles. The largest absolute Gasteiger partial charge is 0.481 e. The van der Waals surface area contributed by atoms with E-state index in [1.54, 1.807) is 0 Å². The number of alkyl carbamates (subject to hydrolysis) is 1. The minimum atomic E-state index is -0.754. The standard InChI is InChI=1S/C13H21NO4/c1-2-8-18-13(17)14-11-5-3-4-10(9-11)6-7-12(15)16/h2,10-11H,1,3-9H2,(H,14,17)(H,15,16)/t10-,11-/m0/s1. The minimum Gasteiger partial charge on any atom is -0.481 e. The summed E-state index contributed by atoms with van der Waals surface area (Å²) in [4.78, 5) is 21.9. The first kappa shape index (κ1) is 14.5. The Kier molecular flexibility index (Phi) is 6.25. The van der Waals surface area contributed by atoms with Gasteiger partial charge in [-0.15, -0.1) is 0 Å². The molecule has 1 amide bonds. The van der Waals surface area contributed by atoms with Crippen LogP contribution in [-0.2, 0) is 9.53 Å². The topological polar surface area (TPSA) is 75.6 Å². The number of aliphatic carboxylic acids is 1. The van der Waals surface area contributed by atoms with Gasteiger partial charge in [-0.05, 0) is 25.2 Å². The van der Waals surface area contributed by atoms with E-state index in [9.17, 15) is 9.59 Å². The van der Waals surface area contributed by atoms with Gasteiger partial charge in [-0.1, -0.05) is 25.5 Å². The van der Waals surface area contributed by atoms with Crippen molar-refractivity contribution in [2.45, 2.75) is 44.6 Å². The van der Waals surface area contributed by atoms with E-state index in [1.165, 1.54) is 6.08 Å². The Labute approximate surface area is 107 Å². The van der Waals surface area contributed by atoms with Crippen molar-refractivity contribution in [1.82, 2.24) is 5.32 Å². The average molecular weight is 255 g/mol. The molecule has 0 unspecified atom stereocenters. The Morgan fingerprint density at radius 2 is 2.22 bits per heavy atom. The Balaban J connectivity index is 2.27. The molecule has 2 N–H and O–H groups in total. The van der Waals surface area contributed by atoms with Gasteiger partial charge >= 0.3 is 12.1 Å². The first-order chi connectivity index (χ1) is 8.61. The van der Waals surface area contributed by atoms with Crippen LogP contribution in [0.25, 0.3) is 0 Å². The molecule has 0 spiro atoms. The predicted molar refractivity (Wildman–Crippen MR) is 67.3 cm³/mol. The van der Waals surface area contributed by atoms with Gasteiger partial charge in [-0.3, -0.25) is 4.79 Å². The summed E-state index contributed by atoms with van der Waals surface area (Å²) < 4.78 is 4.87. The molecular formula is C13H21NO4. The highest BCUT2D eigenvalue weighted by atomic mass is 16.5. The monoisotopic (exact) mass is 255 g/mol.